The van der Waals surface area contributed by atoms with Crippen molar-refractivity contribution >= 4 is 55.0 Å². The second kappa shape index (κ2) is 9.58. The van der Waals surface area contributed by atoms with Crippen LogP contribution in [-0.4, -0.2) is 47.1 Å². The summed E-state index contributed by atoms with van der Waals surface area (Å²) < 4.78 is 0.953. The van der Waals surface area contributed by atoms with E-state index in [-0.39, 0.29) is 6.03 Å². The Balaban J connectivity index is 1.37. The zero-order chi connectivity index (χ0) is 22.9. The van der Waals surface area contributed by atoms with Crippen molar-refractivity contribution in [3.05, 3.63) is 45.0 Å². The van der Waals surface area contributed by atoms with Crippen molar-refractivity contribution in [1.29, 1.82) is 0 Å². The molecule has 174 valence electrons. The third kappa shape index (κ3) is 4.73. The summed E-state index contributed by atoms with van der Waals surface area (Å²) in [5, 5.41) is 4.29. The number of piperazine rings is 1. The Kier molecular flexibility index (Phi) is 6.56. The number of halogens is 1. The highest BCUT2D eigenvalue weighted by Crippen LogP contribution is 2.41. The van der Waals surface area contributed by atoms with Gasteiger partial charge in [-0.1, -0.05) is 35.8 Å². The molecule has 3 heterocycles. The van der Waals surface area contributed by atoms with Crippen LogP contribution in [-0.2, 0) is 19.3 Å². The van der Waals surface area contributed by atoms with Gasteiger partial charge in [-0.2, -0.15) is 0 Å². The smallest absolute Gasteiger partial charge is 0.321 e. The molecule has 5 rings (SSSR count). The first-order valence-corrected chi connectivity index (χ1v) is 13.5. The van der Waals surface area contributed by atoms with E-state index in [1.165, 1.54) is 22.2 Å². The first-order chi connectivity index (χ1) is 16.0. The Hall–Kier alpha value is -2.19. The molecule has 1 fully saturated rings. The van der Waals surface area contributed by atoms with E-state index in [1.54, 1.807) is 0 Å². The lowest BCUT2D eigenvalue weighted by Gasteiger charge is -2.36. The Morgan fingerprint density at radius 1 is 1.24 bits per heavy atom. The minimum atomic E-state index is -0.0471. The highest BCUT2D eigenvalue weighted by Gasteiger charge is 2.28. The van der Waals surface area contributed by atoms with Crippen LogP contribution in [0.1, 0.15) is 43.0 Å². The standard InChI is InChI=1S/C25H30BrN5OS/c1-3-5-21-28-23(22-19-9-8-16(2)14-20(19)33-24(22)29-21)30-10-12-31(13-11-30)25(32)27-18-7-4-6-17(26)15-18/h4,6-7,15-16H,3,5,8-14H2,1-2H3,(H,27,32). The normalized spacial score (nSPS) is 18.5. The predicted octanol–water partition coefficient (Wildman–Crippen LogP) is 5.89. The molecule has 2 aromatic heterocycles. The summed E-state index contributed by atoms with van der Waals surface area (Å²) in [6.45, 7) is 7.45. The third-order valence-electron chi connectivity index (χ3n) is 6.60. The van der Waals surface area contributed by atoms with Crippen LogP contribution in [0.3, 0.4) is 0 Å². The molecule has 1 atom stereocenters. The largest absolute Gasteiger partial charge is 0.352 e. The number of fused-ring (bicyclic) bond motifs is 3. The van der Waals surface area contributed by atoms with Crippen molar-refractivity contribution in [1.82, 2.24) is 14.9 Å². The van der Waals surface area contributed by atoms with Crippen LogP contribution >= 0.6 is 27.3 Å². The quantitative estimate of drug-likeness (QED) is 0.459. The summed E-state index contributed by atoms with van der Waals surface area (Å²) in [6.07, 6.45) is 5.45. The van der Waals surface area contributed by atoms with Crippen molar-refractivity contribution in [3.63, 3.8) is 0 Å². The number of aromatic nitrogens is 2. The number of urea groups is 1. The molecule has 0 bridgehead atoms. The summed E-state index contributed by atoms with van der Waals surface area (Å²) >= 11 is 5.33. The number of benzene rings is 1. The van der Waals surface area contributed by atoms with E-state index in [9.17, 15) is 4.79 Å². The fourth-order valence-electron chi connectivity index (χ4n) is 4.82. The van der Waals surface area contributed by atoms with Gasteiger partial charge in [0.05, 0.1) is 5.39 Å². The number of carbonyl (C=O) groups excluding carboxylic acids is 1. The number of carbonyl (C=O) groups is 1. The lowest BCUT2D eigenvalue weighted by Crippen LogP contribution is -2.50. The van der Waals surface area contributed by atoms with Gasteiger partial charge in [-0.25, -0.2) is 14.8 Å². The minimum absolute atomic E-state index is 0.0471. The average Bonchev–Trinajstić information content (AvgIpc) is 3.16. The monoisotopic (exact) mass is 527 g/mol. The van der Waals surface area contributed by atoms with E-state index in [0.717, 1.165) is 71.3 Å². The van der Waals surface area contributed by atoms with Gasteiger partial charge in [0.2, 0.25) is 0 Å². The van der Waals surface area contributed by atoms with Crippen molar-refractivity contribution in [2.45, 2.75) is 46.0 Å². The molecular formula is C25H30BrN5OS. The van der Waals surface area contributed by atoms with Crippen LogP contribution in [0.4, 0.5) is 16.3 Å². The number of aryl methyl sites for hydroxylation is 2. The molecule has 0 saturated carbocycles. The molecule has 2 amide bonds. The van der Waals surface area contributed by atoms with Crippen molar-refractivity contribution in [2.75, 3.05) is 36.4 Å². The van der Waals surface area contributed by atoms with E-state index < -0.39 is 0 Å². The molecule has 2 aliphatic rings. The maximum Gasteiger partial charge on any atom is 0.321 e. The number of rotatable bonds is 4. The van der Waals surface area contributed by atoms with E-state index in [1.807, 2.05) is 40.5 Å². The van der Waals surface area contributed by atoms with E-state index >= 15 is 0 Å². The molecule has 1 aromatic carbocycles. The lowest BCUT2D eigenvalue weighted by atomic mass is 9.89. The first kappa shape index (κ1) is 22.6. The topological polar surface area (TPSA) is 61.4 Å². The molecule has 0 radical (unpaired) electrons. The fourth-order valence-corrected chi connectivity index (χ4v) is 6.62. The highest BCUT2D eigenvalue weighted by atomic mass is 79.9. The van der Waals surface area contributed by atoms with Gasteiger partial charge in [0.1, 0.15) is 16.5 Å². The predicted molar refractivity (Wildman–Crippen MR) is 140 cm³/mol. The van der Waals surface area contributed by atoms with Crippen LogP contribution in [0.15, 0.2) is 28.7 Å². The summed E-state index contributed by atoms with van der Waals surface area (Å²) in [6, 6.07) is 7.66. The third-order valence-corrected chi connectivity index (χ3v) is 8.24. The van der Waals surface area contributed by atoms with Gasteiger partial charge in [-0.3, -0.25) is 0 Å². The van der Waals surface area contributed by atoms with Crippen LogP contribution in [0.25, 0.3) is 10.2 Å². The molecule has 8 heteroatoms. The Bertz CT molecular complexity index is 1170. The van der Waals surface area contributed by atoms with Gasteiger partial charge < -0.3 is 15.1 Å². The van der Waals surface area contributed by atoms with Crippen molar-refractivity contribution in [3.8, 4) is 0 Å². The second-order valence-electron chi connectivity index (χ2n) is 9.16. The Labute approximate surface area is 207 Å². The van der Waals surface area contributed by atoms with Crippen LogP contribution < -0.4 is 10.2 Å². The molecular weight excluding hydrogens is 498 g/mol. The van der Waals surface area contributed by atoms with Crippen molar-refractivity contribution in [2.24, 2.45) is 5.92 Å². The van der Waals surface area contributed by atoms with Gasteiger partial charge in [-0.05, 0) is 55.4 Å². The second-order valence-corrected chi connectivity index (χ2v) is 11.2. The van der Waals surface area contributed by atoms with Crippen LogP contribution in [0, 0.1) is 5.92 Å². The van der Waals surface area contributed by atoms with Gasteiger partial charge in [0, 0.05) is 47.6 Å². The minimum Gasteiger partial charge on any atom is -0.352 e. The van der Waals surface area contributed by atoms with Gasteiger partial charge in [0.15, 0.2) is 0 Å². The maximum atomic E-state index is 12.8. The fraction of sp³-hybridized carbons (Fsp3) is 0.480. The van der Waals surface area contributed by atoms with E-state index in [4.69, 9.17) is 9.97 Å². The number of hydrogen-bond donors (Lipinski definition) is 1. The number of nitrogens with one attached hydrogen (secondary N) is 1. The molecule has 6 nitrogen and oxygen atoms in total. The Morgan fingerprint density at radius 3 is 2.82 bits per heavy atom. The molecule has 1 N–H and O–H groups in total. The average molecular weight is 529 g/mol. The summed E-state index contributed by atoms with van der Waals surface area (Å²) in [4.78, 5) is 29.7. The van der Waals surface area contributed by atoms with Crippen molar-refractivity contribution < 1.29 is 4.79 Å². The molecule has 33 heavy (non-hydrogen) atoms. The molecule has 1 saturated heterocycles. The zero-order valence-corrected chi connectivity index (χ0v) is 21.6. The van der Waals surface area contributed by atoms with E-state index in [2.05, 4.69) is 40.0 Å². The number of nitrogens with zero attached hydrogens (tertiary/aromatic N) is 4. The zero-order valence-electron chi connectivity index (χ0n) is 19.2. The molecule has 1 aliphatic carbocycles. The van der Waals surface area contributed by atoms with Crippen LogP contribution in [0.5, 0.6) is 0 Å². The van der Waals surface area contributed by atoms with Gasteiger partial charge in [0.25, 0.3) is 0 Å². The number of anilines is 2. The number of thiophene rings is 1. The first-order valence-electron chi connectivity index (χ1n) is 11.9. The lowest BCUT2D eigenvalue weighted by molar-refractivity contribution is 0.208. The molecule has 3 aromatic rings. The summed E-state index contributed by atoms with van der Waals surface area (Å²) in [7, 11) is 0. The van der Waals surface area contributed by atoms with E-state index in [0.29, 0.717) is 13.1 Å². The number of hydrogen-bond acceptors (Lipinski definition) is 5. The van der Waals surface area contributed by atoms with Crippen LogP contribution in [0.2, 0.25) is 0 Å². The maximum absolute atomic E-state index is 12.8. The summed E-state index contributed by atoms with van der Waals surface area (Å²) in [5.41, 5.74) is 2.28. The molecule has 1 aliphatic heterocycles. The highest BCUT2D eigenvalue weighted by molar-refractivity contribution is 9.10. The SMILES string of the molecule is CCCc1nc(N2CCN(C(=O)Nc3cccc(Br)c3)CC2)c2c3c(sc2n1)CC(C)CC3. The molecule has 1 unspecified atom stereocenters. The Morgan fingerprint density at radius 2 is 2.06 bits per heavy atom. The van der Waals surface area contributed by atoms with Gasteiger partial charge in [-0.15, -0.1) is 11.3 Å². The molecule has 0 spiro atoms. The summed E-state index contributed by atoms with van der Waals surface area (Å²) in [5.74, 6) is 2.77. The van der Waals surface area contributed by atoms with Gasteiger partial charge >= 0.3 is 6.03 Å². The number of amides is 2.